The number of carbonyl (C=O) groups is 2. The molecule has 5 nitrogen and oxygen atoms in total. The summed E-state index contributed by atoms with van der Waals surface area (Å²) < 4.78 is 13.4. The molecule has 5 rings (SSSR count). The van der Waals surface area contributed by atoms with Crippen molar-refractivity contribution in [1.82, 2.24) is 15.2 Å². The first kappa shape index (κ1) is 22.8. The number of carbonyl (C=O) groups excluding carboxylic acids is 2. The number of amides is 2. The summed E-state index contributed by atoms with van der Waals surface area (Å²) in [6.45, 7) is 2.00. The van der Waals surface area contributed by atoms with Crippen LogP contribution in [0.5, 0.6) is 0 Å². The van der Waals surface area contributed by atoms with E-state index in [2.05, 4.69) is 10.3 Å². The number of nitrogens with one attached hydrogen (secondary N) is 2. The minimum Gasteiger partial charge on any atom is -0.354 e. The summed E-state index contributed by atoms with van der Waals surface area (Å²) in [6, 6.07) is 21.9. The van der Waals surface area contributed by atoms with Gasteiger partial charge in [-0.05, 0) is 78.4 Å². The Labute approximate surface area is 204 Å². The number of aromatic nitrogens is 1. The highest BCUT2D eigenvalue weighted by molar-refractivity contribution is 5.94. The molecule has 3 aromatic carbocycles. The van der Waals surface area contributed by atoms with Crippen LogP contribution in [0.25, 0.3) is 22.2 Å². The van der Waals surface area contributed by atoms with Gasteiger partial charge in [-0.25, -0.2) is 4.39 Å². The minimum absolute atomic E-state index is 0.0586. The van der Waals surface area contributed by atoms with Crippen molar-refractivity contribution in [3.63, 3.8) is 0 Å². The molecule has 0 unspecified atom stereocenters. The first-order valence-electron chi connectivity index (χ1n) is 12.1. The van der Waals surface area contributed by atoms with E-state index in [-0.39, 0.29) is 17.6 Å². The first-order chi connectivity index (χ1) is 17.1. The van der Waals surface area contributed by atoms with Gasteiger partial charge in [0.15, 0.2) is 0 Å². The average molecular weight is 470 g/mol. The summed E-state index contributed by atoms with van der Waals surface area (Å²) in [5.74, 6) is -0.281. The Kier molecular flexibility index (Phi) is 6.62. The number of likely N-dealkylation sites (tertiary alicyclic amines) is 1. The molecule has 1 aromatic heterocycles. The molecule has 2 N–H and O–H groups in total. The molecule has 1 saturated heterocycles. The second-order valence-electron chi connectivity index (χ2n) is 9.01. The number of halogens is 1. The van der Waals surface area contributed by atoms with E-state index in [1.54, 1.807) is 12.1 Å². The fourth-order valence-electron chi connectivity index (χ4n) is 4.77. The van der Waals surface area contributed by atoms with E-state index in [0.717, 1.165) is 59.2 Å². The number of aromatic amines is 1. The van der Waals surface area contributed by atoms with Crippen LogP contribution in [0.3, 0.4) is 0 Å². The molecule has 0 aliphatic carbocycles. The Morgan fingerprint density at radius 3 is 2.51 bits per heavy atom. The van der Waals surface area contributed by atoms with Crippen LogP contribution in [0.1, 0.15) is 40.7 Å². The lowest BCUT2D eigenvalue weighted by molar-refractivity contribution is -0.121. The molecule has 0 radical (unpaired) electrons. The first-order valence-corrected chi connectivity index (χ1v) is 12.1. The van der Waals surface area contributed by atoms with Crippen LogP contribution in [0.4, 0.5) is 4.39 Å². The molecule has 178 valence electrons. The van der Waals surface area contributed by atoms with Crippen LogP contribution >= 0.6 is 0 Å². The van der Waals surface area contributed by atoms with Gasteiger partial charge in [-0.3, -0.25) is 9.59 Å². The number of hydrogen-bond acceptors (Lipinski definition) is 2. The lowest BCUT2D eigenvalue weighted by Gasteiger charge is -2.15. The van der Waals surface area contributed by atoms with Gasteiger partial charge >= 0.3 is 0 Å². The van der Waals surface area contributed by atoms with E-state index in [1.807, 2.05) is 53.4 Å². The Hall–Kier alpha value is -3.93. The van der Waals surface area contributed by atoms with E-state index in [4.69, 9.17) is 0 Å². The Morgan fingerprint density at radius 1 is 0.943 bits per heavy atom. The zero-order chi connectivity index (χ0) is 24.2. The highest BCUT2D eigenvalue weighted by Gasteiger charge is 2.19. The molecule has 0 spiro atoms. The van der Waals surface area contributed by atoms with Gasteiger partial charge in [0, 0.05) is 48.2 Å². The molecule has 0 atom stereocenters. The smallest absolute Gasteiger partial charge is 0.253 e. The van der Waals surface area contributed by atoms with Crippen molar-refractivity contribution in [3.8, 4) is 11.3 Å². The van der Waals surface area contributed by atoms with E-state index in [1.165, 1.54) is 12.1 Å². The number of aryl methyl sites for hydroxylation is 1. The van der Waals surface area contributed by atoms with Crippen LogP contribution < -0.4 is 5.32 Å². The molecule has 0 bridgehead atoms. The molecule has 1 aliphatic heterocycles. The number of para-hydroxylation sites is 1. The second kappa shape index (κ2) is 10.1. The largest absolute Gasteiger partial charge is 0.354 e. The van der Waals surface area contributed by atoms with Gasteiger partial charge in [-0.1, -0.05) is 30.3 Å². The standard InChI is InChI=1S/C29H28FN3O2/c30-23-12-10-21(11-13-23)28-25(24-8-1-2-9-26(24)32-28)14-15-27(34)31-19-20-6-5-7-22(18-20)29(35)33-16-3-4-17-33/h1-2,5-13,18,32H,3-4,14-17,19H2,(H,31,34). The van der Waals surface area contributed by atoms with Crippen molar-refractivity contribution in [2.45, 2.75) is 32.2 Å². The van der Waals surface area contributed by atoms with Crippen molar-refractivity contribution in [2.24, 2.45) is 0 Å². The van der Waals surface area contributed by atoms with Crippen LogP contribution in [-0.2, 0) is 17.8 Å². The predicted octanol–water partition coefficient (Wildman–Crippen LogP) is 5.46. The van der Waals surface area contributed by atoms with Gasteiger partial charge in [0.2, 0.25) is 5.91 Å². The van der Waals surface area contributed by atoms with Gasteiger partial charge in [0.1, 0.15) is 5.82 Å². The number of nitrogens with zero attached hydrogens (tertiary/aromatic N) is 1. The molecule has 4 aromatic rings. The summed E-state index contributed by atoms with van der Waals surface area (Å²) >= 11 is 0. The maximum absolute atomic E-state index is 13.4. The third-order valence-electron chi connectivity index (χ3n) is 6.61. The maximum Gasteiger partial charge on any atom is 0.253 e. The highest BCUT2D eigenvalue weighted by Crippen LogP contribution is 2.31. The second-order valence-corrected chi connectivity index (χ2v) is 9.01. The molecule has 2 heterocycles. The summed E-state index contributed by atoms with van der Waals surface area (Å²) in [4.78, 5) is 30.7. The van der Waals surface area contributed by atoms with Gasteiger partial charge in [-0.15, -0.1) is 0 Å². The monoisotopic (exact) mass is 469 g/mol. The van der Waals surface area contributed by atoms with Crippen LogP contribution in [0.15, 0.2) is 72.8 Å². The number of hydrogen-bond donors (Lipinski definition) is 2. The van der Waals surface area contributed by atoms with E-state index in [0.29, 0.717) is 24.9 Å². The van der Waals surface area contributed by atoms with Crippen molar-refractivity contribution in [3.05, 3.63) is 95.3 Å². The maximum atomic E-state index is 13.4. The summed E-state index contributed by atoms with van der Waals surface area (Å²) in [5.41, 5.74) is 5.40. The fraction of sp³-hybridized carbons (Fsp3) is 0.241. The predicted molar refractivity (Wildman–Crippen MR) is 135 cm³/mol. The van der Waals surface area contributed by atoms with E-state index < -0.39 is 0 Å². The Morgan fingerprint density at radius 2 is 1.71 bits per heavy atom. The fourth-order valence-corrected chi connectivity index (χ4v) is 4.77. The molecule has 0 saturated carbocycles. The highest BCUT2D eigenvalue weighted by atomic mass is 19.1. The van der Waals surface area contributed by atoms with Crippen LogP contribution in [-0.4, -0.2) is 34.8 Å². The van der Waals surface area contributed by atoms with Crippen molar-refractivity contribution >= 4 is 22.7 Å². The Balaban J connectivity index is 1.25. The number of H-pyrrole nitrogens is 1. The van der Waals surface area contributed by atoms with Gasteiger partial charge in [-0.2, -0.15) is 0 Å². The third kappa shape index (κ3) is 5.11. The number of benzene rings is 3. The lowest BCUT2D eigenvalue weighted by atomic mass is 10.0. The third-order valence-corrected chi connectivity index (χ3v) is 6.61. The molecule has 35 heavy (non-hydrogen) atoms. The number of rotatable bonds is 7. The Bertz CT molecular complexity index is 1350. The molecule has 6 heteroatoms. The molecule has 1 aliphatic rings. The lowest BCUT2D eigenvalue weighted by Crippen LogP contribution is -2.28. The van der Waals surface area contributed by atoms with Crippen molar-refractivity contribution in [2.75, 3.05) is 13.1 Å². The average Bonchev–Trinajstić information content (AvgIpc) is 3.55. The van der Waals surface area contributed by atoms with Crippen molar-refractivity contribution < 1.29 is 14.0 Å². The van der Waals surface area contributed by atoms with E-state index >= 15 is 0 Å². The van der Waals surface area contributed by atoms with E-state index in [9.17, 15) is 14.0 Å². The summed E-state index contributed by atoms with van der Waals surface area (Å²) in [7, 11) is 0. The van der Waals surface area contributed by atoms with Crippen LogP contribution in [0, 0.1) is 5.82 Å². The van der Waals surface area contributed by atoms with Gasteiger partial charge in [0.05, 0.1) is 0 Å². The molecular formula is C29H28FN3O2. The number of fused-ring (bicyclic) bond motifs is 1. The SMILES string of the molecule is O=C(CCc1c(-c2ccc(F)cc2)[nH]c2ccccc12)NCc1cccc(C(=O)N2CCCC2)c1. The summed E-state index contributed by atoms with van der Waals surface area (Å²) in [5, 5.41) is 4.05. The molecular weight excluding hydrogens is 441 g/mol. The summed E-state index contributed by atoms with van der Waals surface area (Å²) in [6.07, 6.45) is 2.99. The van der Waals surface area contributed by atoms with Gasteiger partial charge in [0.25, 0.3) is 5.91 Å². The van der Waals surface area contributed by atoms with Gasteiger partial charge < -0.3 is 15.2 Å². The normalized spacial score (nSPS) is 13.3. The van der Waals surface area contributed by atoms with Crippen molar-refractivity contribution in [1.29, 1.82) is 0 Å². The minimum atomic E-state index is -0.281. The van der Waals surface area contributed by atoms with Crippen LogP contribution in [0.2, 0.25) is 0 Å². The topological polar surface area (TPSA) is 65.2 Å². The quantitative estimate of drug-likeness (QED) is 0.378. The molecule has 2 amide bonds. The zero-order valence-corrected chi connectivity index (χ0v) is 19.5. The molecule has 1 fully saturated rings. The zero-order valence-electron chi connectivity index (χ0n) is 19.5.